The molecule has 0 unspecified atom stereocenters. The quantitative estimate of drug-likeness (QED) is 0.785. The third-order valence-electron chi connectivity index (χ3n) is 2.94. The number of rotatable bonds is 5. The van der Waals surface area contributed by atoms with Crippen molar-refractivity contribution in [3.05, 3.63) is 24.8 Å². The number of anilines is 2. The number of ether oxygens (including phenoxy) is 1. The van der Waals surface area contributed by atoms with Gasteiger partial charge in [0.1, 0.15) is 5.82 Å². The maximum atomic E-state index is 12.0. The van der Waals surface area contributed by atoms with Gasteiger partial charge in [-0.1, -0.05) is 6.08 Å². The molecule has 6 nitrogen and oxygen atoms in total. The van der Waals surface area contributed by atoms with Gasteiger partial charge >= 0.3 is 0 Å². The Morgan fingerprint density at radius 2 is 2.05 bits per heavy atom. The summed E-state index contributed by atoms with van der Waals surface area (Å²) in [5, 5.41) is 13.7. The van der Waals surface area contributed by atoms with Crippen molar-refractivity contribution >= 4 is 17.5 Å². The molecule has 2 rings (SSSR count). The maximum Gasteiger partial charge on any atom is 0.228 e. The summed E-state index contributed by atoms with van der Waals surface area (Å²) in [6, 6.07) is 3.51. The fraction of sp³-hybridized carbons (Fsp3) is 0.462. The molecular formula is C13H18N4O2. The molecule has 0 bridgehead atoms. The Labute approximate surface area is 112 Å². The van der Waals surface area contributed by atoms with Crippen molar-refractivity contribution in [3.8, 4) is 0 Å². The summed E-state index contributed by atoms with van der Waals surface area (Å²) in [7, 11) is 0. The molecule has 1 aliphatic rings. The SMILES string of the molecule is C=CCNc1ccc(NC(=O)C2CCOCC2)nn1. The van der Waals surface area contributed by atoms with Crippen LogP contribution in [0.15, 0.2) is 24.8 Å². The van der Waals surface area contributed by atoms with E-state index < -0.39 is 0 Å². The Bertz CT molecular complexity index is 427. The summed E-state index contributed by atoms with van der Waals surface area (Å²) in [6.07, 6.45) is 3.26. The van der Waals surface area contributed by atoms with E-state index in [1.54, 1.807) is 18.2 Å². The van der Waals surface area contributed by atoms with Gasteiger partial charge in [0.15, 0.2) is 5.82 Å². The highest BCUT2D eigenvalue weighted by atomic mass is 16.5. The van der Waals surface area contributed by atoms with Crippen LogP contribution in [0, 0.1) is 5.92 Å². The minimum atomic E-state index is -0.00981. The van der Waals surface area contributed by atoms with E-state index in [1.807, 2.05) is 0 Å². The van der Waals surface area contributed by atoms with Gasteiger partial charge in [-0.05, 0) is 25.0 Å². The molecule has 0 spiro atoms. The highest BCUT2D eigenvalue weighted by Gasteiger charge is 2.21. The first-order chi connectivity index (χ1) is 9.29. The van der Waals surface area contributed by atoms with E-state index in [0.717, 1.165) is 12.8 Å². The third-order valence-corrected chi connectivity index (χ3v) is 2.94. The number of amides is 1. The Morgan fingerprint density at radius 3 is 2.68 bits per heavy atom. The van der Waals surface area contributed by atoms with E-state index in [9.17, 15) is 4.79 Å². The smallest absolute Gasteiger partial charge is 0.228 e. The van der Waals surface area contributed by atoms with Gasteiger partial charge in [0.25, 0.3) is 0 Å². The Morgan fingerprint density at radius 1 is 1.37 bits per heavy atom. The highest BCUT2D eigenvalue weighted by Crippen LogP contribution is 2.16. The van der Waals surface area contributed by atoms with E-state index in [4.69, 9.17) is 4.74 Å². The van der Waals surface area contributed by atoms with Crippen molar-refractivity contribution in [3.63, 3.8) is 0 Å². The van der Waals surface area contributed by atoms with Gasteiger partial charge in [-0.3, -0.25) is 4.79 Å². The van der Waals surface area contributed by atoms with Crippen LogP contribution in [0.3, 0.4) is 0 Å². The molecule has 0 aromatic carbocycles. The van der Waals surface area contributed by atoms with Crippen LogP contribution in [-0.4, -0.2) is 35.9 Å². The zero-order valence-electron chi connectivity index (χ0n) is 10.8. The summed E-state index contributed by atoms with van der Waals surface area (Å²) in [5.41, 5.74) is 0. The zero-order valence-corrected chi connectivity index (χ0v) is 10.8. The lowest BCUT2D eigenvalue weighted by molar-refractivity contribution is -0.122. The van der Waals surface area contributed by atoms with Gasteiger partial charge in [-0.25, -0.2) is 0 Å². The van der Waals surface area contributed by atoms with Crippen LogP contribution < -0.4 is 10.6 Å². The lowest BCUT2D eigenvalue weighted by Gasteiger charge is -2.20. The molecule has 2 N–H and O–H groups in total. The monoisotopic (exact) mass is 262 g/mol. The number of carbonyl (C=O) groups excluding carboxylic acids is 1. The molecular weight excluding hydrogens is 244 g/mol. The van der Waals surface area contributed by atoms with Crippen LogP contribution in [0.5, 0.6) is 0 Å². The molecule has 1 aromatic heterocycles. The molecule has 0 saturated carbocycles. The predicted molar refractivity (Wildman–Crippen MR) is 72.9 cm³/mol. The van der Waals surface area contributed by atoms with Crippen molar-refractivity contribution in [1.29, 1.82) is 0 Å². The number of hydrogen-bond acceptors (Lipinski definition) is 5. The van der Waals surface area contributed by atoms with Crippen molar-refractivity contribution < 1.29 is 9.53 Å². The average Bonchev–Trinajstić information content (AvgIpc) is 2.47. The first-order valence-corrected chi connectivity index (χ1v) is 6.36. The van der Waals surface area contributed by atoms with E-state index >= 15 is 0 Å². The molecule has 1 aromatic rings. The average molecular weight is 262 g/mol. The van der Waals surface area contributed by atoms with Crippen LogP contribution in [-0.2, 0) is 9.53 Å². The van der Waals surface area contributed by atoms with E-state index in [0.29, 0.717) is 31.4 Å². The van der Waals surface area contributed by atoms with Gasteiger partial charge in [0, 0.05) is 25.7 Å². The molecule has 19 heavy (non-hydrogen) atoms. The molecule has 102 valence electrons. The summed E-state index contributed by atoms with van der Waals surface area (Å²) in [6.45, 7) is 5.53. The molecule has 0 aliphatic carbocycles. The highest BCUT2D eigenvalue weighted by molar-refractivity contribution is 5.91. The van der Waals surface area contributed by atoms with Gasteiger partial charge in [0.2, 0.25) is 5.91 Å². The summed E-state index contributed by atoms with van der Waals surface area (Å²) >= 11 is 0. The molecule has 0 radical (unpaired) electrons. The summed E-state index contributed by atoms with van der Waals surface area (Å²) < 4.78 is 5.23. The Kier molecular flexibility index (Phi) is 4.85. The lowest BCUT2D eigenvalue weighted by Crippen LogP contribution is -2.28. The topological polar surface area (TPSA) is 76.1 Å². The second-order valence-electron chi connectivity index (χ2n) is 4.35. The minimum absolute atomic E-state index is 0.00844. The van der Waals surface area contributed by atoms with Crippen molar-refractivity contribution in [2.24, 2.45) is 5.92 Å². The number of aromatic nitrogens is 2. The number of nitrogens with zero attached hydrogens (tertiary/aromatic N) is 2. The fourth-order valence-electron chi connectivity index (χ4n) is 1.86. The maximum absolute atomic E-state index is 12.0. The van der Waals surface area contributed by atoms with Gasteiger partial charge in [-0.2, -0.15) is 0 Å². The third kappa shape index (κ3) is 4.03. The number of hydrogen-bond donors (Lipinski definition) is 2. The van der Waals surface area contributed by atoms with E-state index in [2.05, 4.69) is 27.4 Å². The summed E-state index contributed by atoms with van der Waals surface area (Å²) in [5.74, 6) is 1.13. The molecule has 1 fully saturated rings. The van der Waals surface area contributed by atoms with Crippen LogP contribution in [0.25, 0.3) is 0 Å². The summed E-state index contributed by atoms with van der Waals surface area (Å²) in [4.78, 5) is 12.0. The molecule has 1 saturated heterocycles. The zero-order chi connectivity index (χ0) is 13.5. The molecule has 1 amide bonds. The first kappa shape index (κ1) is 13.5. The second kappa shape index (κ2) is 6.84. The number of nitrogens with one attached hydrogen (secondary N) is 2. The van der Waals surface area contributed by atoms with Gasteiger partial charge in [0.05, 0.1) is 0 Å². The minimum Gasteiger partial charge on any atom is -0.381 e. The van der Waals surface area contributed by atoms with Crippen molar-refractivity contribution in [2.75, 3.05) is 30.4 Å². The molecule has 6 heteroatoms. The van der Waals surface area contributed by atoms with Crippen molar-refractivity contribution in [2.45, 2.75) is 12.8 Å². The van der Waals surface area contributed by atoms with E-state index in [1.165, 1.54) is 0 Å². The normalized spacial score (nSPS) is 15.8. The van der Waals surface area contributed by atoms with Crippen LogP contribution in [0.1, 0.15) is 12.8 Å². The molecule has 1 aliphatic heterocycles. The van der Waals surface area contributed by atoms with Crippen LogP contribution in [0.4, 0.5) is 11.6 Å². The van der Waals surface area contributed by atoms with Gasteiger partial charge < -0.3 is 15.4 Å². The predicted octanol–water partition coefficient (Wildman–Crippen LogP) is 1.44. The van der Waals surface area contributed by atoms with E-state index in [-0.39, 0.29) is 11.8 Å². The second-order valence-corrected chi connectivity index (χ2v) is 4.35. The van der Waals surface area contributed by atoms with Crippen molar-refractivity contribution in [1.82, 2.24) is 10.2 Å². The fourth-order valence-corrected chi connectivity index (χ4v) is 1.86. The Hall–Kier alpha value is -1.95. The van der Waals surface area contributed by atoms with Gasteiger partial charge in [-0.15, -0.1) is 16.8 Å². The largest absolute Gasteiger partial charge is 0.381 e. The molecule has 2 heterocycles. The standard InChI is InChI=1S/C13H18N4O2/c1-2-7-14-11-3-4-12(17-16-11)15-13(18)10-5-8-19-9-6-10/h2-4,10H,1,5-9H2,(H,14,16)(H,15,17,18). The first-order valence-electron chi connectivity index (χ1n) is 6.36. The lowest BCUT2D eigenvalue weighted by atomic mass is 9.99. The van der Waals surface area contributed by atoms with Crippen LogP contribution >= 0.6 is 0 Å². The van der Waals surface area contributed by atoms with Crippen LogP contribution in [0.2, 0.25) is 0 Å². The number of carbonyl (C=O) groups is 1. The Balaban J connectivity index is 1.87. The molecule has 0 atom stereocenters.